The molecule has 1 atom stereocenters. The van der Waals surface area contributed by atoms with Gasteiger partial charge < -0.3 is 5.32 Å². The first-order valence-electron chi connectivity index (χ1n) is 4.83. The summed E-state index contributed by atoms with van der Waals surface area (Å²) in [6.45, 7) is 2.29. The first kappa shape index (κ1) is 7.20. The van der Waals surface area contributed by atoms with Crippen molar-refractivity contribution in [3.8, 4) is 0 Å². The molecule has 2 aliphatic rings. The molecule has 2 rings (SSSR count). The third kappa shape index (κ3) is 1.42. The van der Waals surface area contributed by atoms with Crippen LogP contribution in [0.15, 0.2) is 11.3 Å². The second-order valence-electron chi connectivity index (χ2n) is 3.89. The third-order valence-electron chi connectivity index (χ3n) is 2.81. The van der Waals surface area contributed by atoms with Gasteiger partial charge in [0.15, 0.2) is 0 Å². The number of nitrogens with one attached hydrogen (secondary N) is 1. The van der Waals surface area contributed by atoms with Crippen LogP contribution >= 0.6 is 0 Å². The zero-order valence-corrected chi connectivity index (χ0v) is 7.32. The molecular formula is C10H17N. The Morgan fingerprint density at radius 2 is 2.00 bits per heavy atom. The summed E-state index contributed by atoms with van der Waals surface area (Å²) in [5, 5.41) is 3.58. The lowest BCUT2D eigenvalue weighted by atomic mass is 10.1. The molecule has 1 unspecified atom stereocenters. The SMILES string of the molecule is CC1CC2=C(CCCCC2)N1. The topological polar surface area (TPSA) is 12.0 Å². The fraction of sp³-hybridized carbons (Fsp3) is 0.800. The van der Waals surface area contributed by atoms with Crippen molar-refractivity contribution in [2.45, 2.75) is 51.5 Å². The van der Waals surface area contributed by atoms with Crippen molar-refractivity contribution < 1.29 is 0 Å². The zero-order valence-electron chi connectivity index (χ0n) is 7.32. The van der Waals surface area contributed by atoms with Crippen LogP contribution in [-0.2, 0) is 0 Å². The van der Waals surface area contributed by atoms with Gasteiger partial charge in [0.2, 0.25) is 0 Å². The highest BCUT2D eigenvalue weighted by Crippen LogP contribution is 2.30. The van der Waals surface area contributed by atoms with E-state index in [9.17, 15) is 0 Å². The summed E-state index contributed by atoms with van der Waals surface area (Å²) in [6, 6.07) is 0.720. The highest BCUT2D eigenvalue weighted by Gasteiger charge is 2.20. The molecule has 0 saturated heterocycles. The van der Waals surface area contributed by atoms with Crippen molar-refractivity contribution in [3.63, 3.8) is 0 Å². The average Bonchev–Trinajstić information content (AvgIpc) is 2.17. The second-order valence-corrected chi connectivity index (χ2v) is 3.89. The van der Waals surface area contributed by atoms with Gasteiger partial charge in [-0.15, -0.1) is 0 Å². The van der Waals surface area contributed by atoms with Crippen LogP contribution in [0.4, 0.5) is 0 Å². The molecule has 1 aliphatic carbocycles. The second kappa shape index (κ2) is 2.88. The van der Waals surface area contributed by atoms with E-state index in [0.717, 1.165) is 6.04 Å². The van der Waals surface area contributed by atoms with Gasteiger partial charge in [0.25, 0.3) is 0 Å². The number of allylic oxidation sites excluding steroid dienone is 1. The first-order valence-corrected chi connectivity index (χ1v) is 4.83. The minimum Gasteiger partial charge on any atom is -0.386 e. The summed E-state index contributed by atoms with van der Waals surface area (Å²) >= 11 is 0. The number of hydrogen-bond donors (Lipinski definition) is 1. The third-order valence-corrected chi connectivity index (χ3v) is 2.81. The molecule has 1 heteroatoms. The van der Waals surface area contributed by atoms with E-state index in [-0.39, 0.29) is 0 Å². The molecule has 1 N–H and O–H groups in total. The van der Waals surface area contributed by atoms with Gasteiger partial charge in [-0.3, -0.25) is 0 Å². The highest BCUT2D eigenvalue weighted by atomic mass is 14.9. The van der Waals surface area contributed by atoms with Crippen molar-refractivity contribution in [2.24, 2.45) is 0 Å². The van der Waals surface area contributed by atoms with Crippen LogP contribution in [0.3, 0.4) is 0 Å². The van der Waals surface area contributed by atoms with E-state index in [0.29, 0.717) is 0 Å². The Labute approximate surface area is 68.9 Å². The van der Waals surface area contributed by atoms with Gasteiger partial charge in [-0.05, 0) is 44.6 Å². The smallest absolute Gasteiger partial charge is 0.0267 e. The van der Waals surface area contributed by atoms with E-state index in [4.69, 9.17) is 0 Å². The molecule has 0 aromatic carbocycles. The molecular weight excluding hydrogens is 134 g/mol. The van der Waals surface area contributed by atoms with Crippen molar-refractivity contribution in [2.75, 3.05) is 0 Å². The molecule has 0 amide bonds. The molecule has 1 heterocycles. The Morgan fingerprint density at radius 3 is 2.91 bits per heavy atom. The summed E-state index contributed by atoms with van der Waals surface area (Å²) in [7, 11) is 0. The predicted octanol–water partition coefficient (Wildman–Crippen LogP) is 2.59. The Morgan fingerprint density at radius 1 is 1.18 bits per heavy atom. The highest BCUT2D eigenvalue weighted by molar-refractivity contribution is 5.21. The van der Waals surface area contributed by atoms with Crippen LogP contribution in [0.1, 0.15) is 45.4 Å². The summed E-state index contributed by atoms with van der Waals surface area (Å²) in [4.78, 5) is 0. The van der Waals surface area contributed by atoms with Crippen LogP contribution in [0.2, 0.25) is 0 Å². The van der Waals surface area contributed by atoms with E-state index in [2.05, 4.69) is 12.2 Å². The summed E-state index contributed by atoms with van der Waals surface area (Å²) in [5.74, 6) is 0. The van der Waals surface area contributed by atoms with E-state index in [1.54, 1.807) is 11.3 Å². The van der Waals surface area contributed by atoms with Gasteiger partial charge in [-0.1, -0.05) is 6.42 Å². The quantitative estimate of drug-likeness (QED) is 0.561. The lowest BCUT2D eigenvalue weighted by Crippen LogP contribution is -2.18. The van der Waals surface area contributed by atoms with Gasteiger partial charge in [-0.25, -0.2) is 0 Å². The summed E-state index contributed by atoms with van der Waals surface area (Å²) in [5.41, 5.74) is 3.32. The van der Waals surface area contributed by atoms with E-state index >= 15 is 0 Å². The van der Waals surface area contributed by atoms with Crippen LogP contribution in [0.25, 0.3) is 0 Å². The first-order chi connectivity index (χ1) is 5.36. The minimum absolute atomic E-state index is 0.720. The molecule has 62 valence electrons. The van der Waals surface area contributed by atoms with Crippen LogP contribution < -0.4 is 5.32 Å². The van der Waals surface area contributed by atoms with Gasteiger partial charge in [-0.2, -0.15) is 0 Å². The lowest BCUT2D eigenvalue weighted by Gasteiger charge is -2.06. The monoisotopic (exact) mass is 151 g/mol. The molecule has 0 fully saturated rings. The van der Waals surface area contributed by atoms with Gasteiger partial charge in [0.05, 0.1) is 0 Å². The number of rotatable bonds is 0. The molecule has 1 nitrogen and oxygen atoms in total. The van der Waals surface area contributed by atoms with Gasteiger partial charge >= 0.3 is 0 Å². The molecule has 0 spiro atoms. The van der Waals surface area contributed by atoms with E-state index in [1.165, 1.54) is 38.5 Å². The minimum atomic E-state index is 0.720. The Hall–Kier alpha value is -0.460. The van der Waals surface area contributed by atoms with Crippen molar-refractivity contribution in [1.29, 1.82) is 0 Å². The Bertz CT molecular complexity index is 163. The molecule has 0 radical (unpaired) electrons. The molecule has 1 aliphatic heterocycles. The van der Waals surface area contributed by atoms with Crippen molar-refractivity contribution >= 4 is 0 Å². The Balaban J connectivity index is 2.08. The largest absolute Gasteiger partial charge is 0.386 e. The fourth-order valence-electron chi connectivity index (χ4n) is 2.26. The van der Waals surface area contributed by atoms with Crippen LogP contribution in [-0.4, -0.2) is 6.04 Å². The average molecular weight is 151 g/mol. The maximum absolute atomic E-state index is 3.58. The summed E-state index contributed by atoms with van der Waals surface area (Å²) in [6.07, 6.45) is 8.26. The normalized spacial score (nSPS) is 31.2. The maximum atomic E-state index is 3.58. The predicted molar refractivity (Wildman–Crippen MR) is 47.3 cm³/mol. The van der Waals surface area contributed by atoms with Crippen molar-refractivity contribution in [1.82, 2.24) is 5.32 Å². The van der Waals surface area contributed by atoms with Gasteiger partial charge in [0, 0.05) is 11.7 Å². The standard InChI is InChI=1S/C10H17N/c1-8-7-9-5-3-2-4-6-10(9)11-8/h8,11H,2-7H2,1H3. The molecule has 0 bridgehead atoms. The van der Waals surface area contributed by atoms with Crippen molar-refractivity contribution in [3.05, 3.63) is 11.3 Å². The van der Waals surface area contributed by atoms with Crippen LogP contribution in [0, 0.1) is 0 Å². The molecule has 0 saturated carbocycles. The van der Waals surface area contributed by atoms with E-state index < -0.39 is 0 Å². The van der Waals surface area contributed by atoms with Gasteiger partial charge in [0.1, 0.15) is 0 Å². The lowest BCUT2D eigenvalue weighted by molar-refractivity contribution is 0.607. The summed E-state index contributed by atoms with van der Waals surface area (Å²) < 4.78 is 0. The molecule has 0 aromatic heterocycles. The zero-order chi connectivity index (χ0) is 7.68. The van der Waals surface area contributed by atoms with E-state index in [1.807, 2.05) is 0 Å². The number of hydrogen-bond acceptors (Lipinski definition) is 1. The fourth-order valence-corrected chi connectivity index (χ4v) is 2.26. The molecule has 11 heavy (non-hydrogen) atoms. The molecule has 0 aromatic rings. The Kier molecular flexibility index (Phi) is 1.89. The van der Waals surface area contributed by atoms with Crippen LogP contribution in [0.5, 0.6) is 0 Å². The maximum Gasteiger partial charge on any atom is 0.0267 e.